The zero-order valence-electron chi connectivity index (χ0n) is 9.74. The van der Waals surface area contributed by atoms with Crippen molar-refractivity contribution in [2.45, 2.75) is 19.4 Å². The van der Waals surface area contributed by atoms with Crippen molar-refractivity contribution < 1.29 is 4.74 Å². The number of rotatable bonds is 3. The molecule has 1 aromatic rings. The van der Waals surface area contributed by atoms with E-state index in [1.54, 1.807) is 6.07 Å². The standard InChI is InChI=1S/C13H15ClN2O/c1-9(10-5-6-17-8-10)16-13-4-2-3-12(14)11(13)7-15/h2-4,9-10,16H,5-6,8H2,1H3. The molecule has 0 spiro atoms. The van der Waals surface area contributed by atoms with E-state index in [4.69, 9.17) is 21.6 Å². The van der Waals surface area contributed by atoms with E-state index >= 15 is 0 Å². The number of halogens is 1. The summed E-state index contributed by atoms with van der Waals surface area (Å²) in [5.74, 6) is 0.500. The van der Waals surface area contributed by atoms with Crippen LogP contribution >= 0.6 is 11.6 Å². The Morgan fingerprint density at radius 2 is 2.41 bits per heavy atom. The molecule has 0 saturated carbocycles. The summed E-state index contributed by atoms with van der Waals surface area (Å²) in [5.41, 5.74) is 1.32. The third kappa shape index (κ3) is 2.71. The van der Waals surface area contributed by atoms with Crippen molar-refractivity contribution in [2.24, 2.45) is 5.92 Å². The van der Waals surface area contributed by atoms with E-state index in [0.29, 0.717) is 16.5 Å². The van der Waals surface area contributed by atoms with Crippen molar-refractivity contribution in [3.63, 3.8) is 0 Å². The summed E-state index contributed by atoms with van der Waals surface area (Å²) in [6.07, 6.45) is 1.07. The molecule has 1 heterocycles. The Morgan fingerprint density at radius 3 is 3.06 bits per heavy atom. The summed E-state index contributed by atoms with van der Waals surface area (Å²) in [6, 6.07) is 7.88. The second-order valence-electron chi connectivity index (χ2n) is 4.33. The molecule has 2 unspecified atom stereocenters. The van der Waals surface area contributed by atoms with Gasteiger partial charge in [-0.05, 0) is 25.5 Å². The summed E-state index contributed by atoms with van der Waals surface area (Å²) in [6.45, 7) is 3.73. The molecule has 1 N–H and O–H groups in total. The van der Waals surface area contributed by atoms with E-state index in [-0.39, 0.29) is 6.04 Å². The summed E-state index contributed by atoms with van der Waals surface area (Å²) >= 11 is 5.99. The second kappa shape index (κ2) is 5.39. The van der Waals surface area contributed by atoms with Crippen LogP contribution in [0.2, 0.25) is 5.02 Å². The van der Waals surface area contributed by atoms with Gasteiger partial charge in [0.1, 0.15) is 6.07 Å². The molecule has 2 atom stereocenters. The van der Waals surface area contributed by atoms with Gasteiger partial charge in [-0.25, -0.2) is 0 Å². The van der Waals surface area contributed by atoms with E-state index in [2.05, 4.69) is 18.3 Å². The monoisotopic (exact) mass is 250 g/mol. The molecule has 2 rings (SSSR count). The molecule has 4 heteroatoms. The fourth-order valence-electron chi connectivity index (χ4n) is 2.07. The first-order chi connectivity index (χ1) is 8.22. The third-order valence-corrected chi connectivity index (χ3v) is 3.50. The van der Waals surface area contributed by atoms with Crippen molar-refractivity contribution in [1.29, 1.82) is 5.26 Å². The van der Waals surface area contributed by atoms with E-state index in [0.717, 1.165) is 25.3 Å². The van der Waals surface area contributed by atoms with Gasteiger partial charge in [0.2, 0.25) is 0 Å². The molecule has 0 radical (unpaired) electrons. The largest absolute Gasteiger partial charge is 0.381 e. The topological polar surface area (TPSA) is 45.0 Å². The fraction of sp³-hybridized carbons (Fsp3) is 0.462. The molecule has 1 saturated heterocycles. The number of ether oxygens (including phenoxy) is 1. The zero-order valence-corrected chi connectivity index (χ0v) is 10.5. The molecule has 17 heavy (non-hydrogen) atoms. The van der Waals surface area contributed by atoms with Gasteiger partial charge in [0.05, 0.1) is 22.9 Å². The van der Waals surface area contributed by atoms with Crippen LogP contribution < -0.4 is 5.32 Å². The second-order valence-corrected chi connectivity index (χ2v) is 4.74. The maximum atomic E-state index is 9.08. The van der Waals surface area contributed by atoms with Crippen molar-refractivity contribution in [2.75, 3.05) is 18.5 Å². The lowest BCUT2D eigenvalue weighted by Gasteiger charge is -2.21. The minimum absolute atomic E-state index is 0.281. The molecule has 1 aliphatic heterocycles. The number of nitrogens with one attached hydrogen (secondary N) is 1. The summed E-state index contributed by atoms with van der Waals surface area (Å²) in [5, 5.41) is 12.9. The van der Waals surface area contributed by atoms with Crippen LogP contribution in [0.4, 0.5) is 5.69 Å². The van der Waals surface area contributed by atoms with Gasteiger partial charge in [-0.3, -0.25) is 0 Å². The lowest BCUT2D eigenvalue weighted by molar-refractivity contribution is 0.183. The highest BCUT2D eigenvalue weighted by Gasteiger charge is 2.22. The molecule has 3 nitrogen and oxygen atoms in total. The van der Waals surface area contributed by atoms with Gasteiger partial charge in [-0.15, -0.1) is 0 Å². The Balaban J connectivity index is 2.13. The fourth-order valence-corrected chi connectivity index (χ4v) is 2.29. The summed E-state index contributed by atoms with van der Waals surface area (Å²) < 4.78 is 5.37. The average Bonchev–Trinajstić information content (AvgIpc) is 2.82. The van der Waals surface area contributed by atoms with Crippen LogP contribution in [0, 0.1) is 17.2 Å². The van der Waals surface area contributed by atoms with Crippen LogP contribution in [0.5, 0.6) is 0 Å². The van der Waals surface area contributed by atoms with Gasteiger partial charge in [0.15, 0.2) is 0 Å². The molecule has 90 valence electrons. The molecule has 1 aliphatic rings. The number of hydrogen-bond donors (Lipinski definition) is 1. The van der Waals surface area contributed by atoms with E-state index in [9.17, 15) is 0 Å². The van der Waals surface area contributed by atoms with Crippen LogP contribution in [-0.2, 0) is 4.74 Å². The molecule has 1 aromatic carbocycles. The van der Waals surface area contributed by atoms with Gasteiger partial charge in [-0.2, -0.15) is 5.26 Å². The number of nitriles is 1. The first kappa shape index (κ1) is 12.2. The van der Waals surface area contributed by atoms with Crippen LogP contribution in [0.3, 0.4) is 0 Å². The quantitative estimate of drug-likeness (QED) is 0.897. The van der Waals surface area contributed by atoms with Crippen LogP contribution in [0.15, 0.2) is 18.2 Å². The lowest BCUT2D eigenvalue weighted by atomic mass is 10.00. The molecule has 0 aromatic heterocycles. The number of hydrogen-bond acceptors (Lipinski definition) is 3. The molecule has 0 bridgehead atoms. The van der Waals surface area contributed by atoms with Crippen molar-refractivity contribution in [3.8, 4) is 6.07 Å². The highest BCUT2D eigenvalue weighted by atomic mass is 35.5. The minimum atomic E-state index is 0.281. The molecular formula is C13H15ClN2O. The van der Waals surface area contributed by atoms with Crippen LogP contribution in [-0.4, -0.2) is 19.3 Å². The van der Waals surface area contributed by atoms with Gasteiger partial charge >= 0.3 is 0 Å². The van der Waals surface area contributed by atoms with E-state index < -0.39 is 0 Å². The van der Waals surface area contributed by atoms with Gasteiger partial charge in [0, 0.05) is 18.6 Å². The summed E-state index contributed by atoms with van der Waals surface area (Å²) in [7, 11) is 0. The molecule has 1 fully saturated rings. The highest BCUT2D eigenvalue weighted by molar-refractivity contribution is 6.32. The molecule has 0 aliphatic carbocycles. The van der Waals surface area contributed by atoms with Crippen molar-refractivity contribution in [3.05, 3.63) is 28.8 Å². The van der Waals surface area contributed by atoms with E-state index in [1.807, 2.05) is 12.1 Å². The normalized spacial score (nSPS) is 20.9. The number of nitrogens with zero attached hydrogens (tertiary/aromatic N) is 1. The smallest absolute Gasteiger partial charge is 0.103 e. The minimum Gasteiger partial charge on any atom is -0.381 e. The summed E-state index contributed by atoms with van der Waals surface area (Å²) in [4.78, 5) is 0. The first-order valence-electron chi connectivity index (χ1n) is 5.75. The Kier molecular flexibility index (Phi) is 3.88. The number of anilines is 1. The van der Waals surface area contributed by atoms with Crippen molar-refractivity contribution in [1.82, 2.24) is 0 Å². The third-order valence-electron chi connectivity index (χ3n) is 3.18. The Hall–Kier alpha value is -1.24. The Labute approximate surface area is 106 Å². The predicted molar refractivity (Wildman–Crippen MR) is 68.2 cm³/mol. The van der Waals surface area contributed by atoms with Crippen LogP contribution in [0.25, 0.3) is 0 Å². The highest BCUT2D eigenvalue weighted by Crippen LogP contribution is 2.26. The van der Waals surface area contributed by atoms with E-state index in [1.165, 1.54) is 0 Å². The maximum absolute atomic E-state index is 9.08. The molecule has 0 amide bonds. The molecular weight excluding hydrogens is 236 g/mol. The zero-order chi connectivity index (χ0) is 12.3. The number of benzene rings is 1. The predicted octanol–water partition coefficient (Wildman–Crippen LogP) is 3.05. The lowest BCUT2D eigenvalue weighted by Crippen LogP contribution is -2.26. The SMILES string of the molecule is CC(Nc1cccc(Cl)c1C#N)C1CCOC1. The van der Waals surface area contributed by atoms with Gasteiger partial charge in [0.25, 0.3) is 0 Å². The van der Waals surface area contributed by atoms with Gasteiger partial charge in [-0.1, -0.05) is 17.7 Å². The van der Waals surface area contributed by atoms with Crippen molar-refractivity contribution >= 4 is 17.3 Å². The van der Waals surface area contributed by atoms with Gasteiger partial charge < -0.3 is 10.1 Å². The Bertz CT molecular complexity index is 436. The maximum Gasteiger partial charge on any atom is 0.103 e. The average molecular weight is 251 g/mol. The van der Waals surface area contributed by atoms with Crippen LogP contribution in [0.1, 0.15) is 18.9 Å². The first-order valence-corrected chi connectivity index (χ1v) is 6.13. The Morgan fingerprint density at radius 1 is 1.59 bits per heavy atom.